The number of hydrogen-bond acceptors (Lipinski definition) is 2. The van der Waals surface area contributed by atoms with Crippen molar-refractivity contribution < 1.29 is 0 Å². The van der Waals surface area contributed by atoms with Crippen LogP contribution in [-0.2, 0) is 0 Å². The van der Waals surface area contributed by atoms with Crippen LogP contribution < -0.4 is 4.90 Å². The van der Waals surface area contributed by atoms with Gasteiger partial charge in [0.25, 0.3) is 0 Å². The van der Waals surface area contributed by atoms with E-state index in [9.17, 15) is 0 Å². The third-order valence-electron chi connectivity index (χ3n) is 9.03. The molecule has 216 valence electrons. The molecule has 1 nitrogen and oxygen atoms in total. The molecule has 0 bridgehead atoms. The van der Waals surface area contributed by atoms with Crippen LogP contribution >= 0.6 is 11.3 Å². The van der Waals surface area contributed by atoms with Gasteiger partial charge >= 0.3 is 0 Å². The van der Waals surface area contributed by atoms with Gasteiger partial charge in [0.05, 0.1) is 5.69 Å². The summed E-state index contributed by atoms with van der Waals surface area (Å²) in [5.74, 6) is 0. The van der Waals surface area contributed by atoms with E-state index in [1.54, 1.807) is 0 Å². The quantitative estimate of drug-likeness (QED) is 0.189. The molecule has 0 fully saturated rings. The van der Waals surface area contributed by atoms with Crippen molar-refractivity contribution in [2.24, 2.45) is 0 Å². The summed E-state index contributed by atoms with van der Waals surface area (Å²) >= 11 is 1.87. The predicted octanol–water partition coefficient (Wildman–Crippen LogP) is 13.2. The number of thiophene rings is 1. The lowest BCUT2D eigenvalue weighted by Gasteiger charge is -2.27. The highest BCUT2D eigenvalue weighted by Crippen LogP contribution is 2.43. The van der Waals surface area contributed by atoms with Crippen molar-refractivity contribution >= 4 is 70.1 Å². The third kappa shape index (κ3) is 4.54. The van der Waals surface area contributed by atoms with Crippen LogP contribution in [0.4, 0.5) is 17.1 Å². The molecular weight excluding hydrogens is 575 g/mol. The second-order valence-corrected chi connectivity index (χ2v) is 12.9. The van der Waals surface area contributed by atoms with Gasteiger partial charge in [0.2, 0.25) is 0 Å². The second-order valence-electron chi connectivity index (χ2n) is 11.8. The number of hydrogen-bond donors (Lipinski definition) is 0. The number of fused-ring (bicyclic) bond motifs is 5. The molecule has 9 aromatic rings. The van der Waals surface area contributed by atoms with Crippen LogP contribution in [0.2, 0.25) is 0 Å². The Morgan fingerprint density at radius 1 is 0.370 bits per heavy atom. The lowest BCUT2D eigenvalue weighted by atomic mass is 9.98. The van der Waals surface area contributed by atoms with Gasteiger partial charge in [-0.15, -0.1) is 11.3 Å². The summed E-state index contributed by atoms with van der Waals surface area (Å²) in [6.45, 7) is 0. The first kappa shape index (κ1) is 26.7. The van der Waals surface area contributed by atoms with Gasteiger partial charge < -0.3 is 4.90 Å². The Labute approximate surface area is 272 Å². The molecule has 0 amide bonds. The summed E-state index contributed by atoms with van der Waals surface area (Å²) in [5, 5.41) is 7.62. The molecule has 0 aliphatic rings. The number of benzene rings is 8. The molecule has 1 heterocycles. The van der Waals surface area contributed by atoms with E-state index in [1.165, 1.54) is 64.0 Å². The van der Waals surface area contributed by atoms with Gasteiger partial charge in [-0.1, -0.05) is 127 Å². The molecule has 0 atom stereocenters. The van der Waals surface area contributed by atoms with Crippen LogP contribution in [0.25, 0.3) is 64.0 Å². The maximum atomic E-state index is 2.40. The Balaban J connectivity index is 1.20. The van der Waals surface area contributed by atoms with Crippen molar-refractivity contribution in [3.8, 4) is 22.3 Å². The van der Waals surface area contributed by atoms with Crippen molar-refractivity contribution in [3.63, 3.8) is 0 Å². The average Bonchev–Trinajstić information content (AvgIpc) is 3.51. The first-order valence-corrected chi connectivity index (χ1v) is 16.5. The molecule has 0 saturated heterocycles. The Hall–Kier alpha value is -5.70. The highest BCUT2D eigenvalue weighted by Gasteiger charge is 2.17. The van der Waals surface area contributed by atoms with E-state index in [-0.39, 0.29) is 0 Å². The average molecular weight is 604 g/mol. The summed E-state index contributed by atoms with van der Waals surface area (Å²) in [5.41, 5.74) is 8.31. The highest BCUT2D eigenvalue weighted by molar-refractivity contribution is 7.25. The van der Waals surface area contributed by atoms with Crippen LogP contribution in [0.5, 0.6) is 0 Å². The maximum Gasteiger partial charge on any atom is 0.0540 e. The number of rotatable bonds is 5. The lowest BCUT2D eigenvalue weighted by Crippen LogP contribution is -2.10. The molecule has 0 spiro atoms. The van der Waals surface area contributed by atoms with E-state index >= 15 is 0 Å². The fraction of sp³-hybridized carbons (Fsp3) is 0. The lowest BCUT2D eigenvalue weighted by molar-refractivity contribution is 1.30. The van der Waals surface area contributed by atoms with Crippen molar-refractivity contribution in [1.82, 2.24) is 0 Å². The minimum Gasteiger partial charge on any atom is -0.310 e. The van der Waals surface area contributed by atoms with Crippen molar-refractivity contribution in [1.29, 1.82) is 0 Å². The molecule has 8 aromatic carbocycles. The van der Waals surface area contributed by atoms with Crippen LogP contribution in [0.1, 0.15) is 0 Å². The standard InChI is InChI=1S/C44H29NS/c1-2-12-33-28-35(23-22-30(33)10-1)34-14-7-15-37(29-34)45(41-19-8-13-31-11-3-4-16-38(31)41)36-26-24-32(25-27-36)39-18-9-21-43-44(39)40-17-5-6-20-42(40)46-43/h1-29H. The fourth-order valence-electron chi connectivity index (χ4n) is 6.83. The summed E-state index contributed by atoms with van der Waals surface area (Å²) in [7, 11) is 0. The summed E-state index contributed by atoms with van der Waals surface area (Å²) in [4.78, 5) is 2.40. The van der Waals surface area contributed by atoms with Crippen LogP contribution in [0, 0.1) is 0 Å². The van der Waals surface area contributed by atoms with Gasteiger partial charge in [-0.25, -0.2) is 0 Å². The zero-order valence-electron chi connectivity index (χ0n) is 25.1. The third-order valence-corrected chi connectivity index (χ3v) is 10.2. The van der Waals surface area contributed by atoms with Gasteiger partial charge in [0.1, 0.15) is 0 Å². The number of nitrogens with zero attached hydrogens (tertiary/aromatic N) is 1. The van der Waals surface area contributed by atoms with Crippen molar-refractivity contribution in [2.75, 3.05) is 4.90 Å². The van der Waals surface area contributed by atoms with Crippen LogP contribution in [0.3, 0.4) is 0 Å². The summed E-state index contributed by atoms with van der Waals surface area (Å²) < 4.78 is 2.65. The minimum atomic E-state index is 1.12. The van der Waals surface area contributed by atoms with E-state index in [0.717, 1.165) is 17.1 Å². The first-order valence-electron chi connectivity index (χ1n) is 15.7. The molecule has 1 aromatic heterocycles. The van der Waals surface area contributed by atoms with E-state index in [1.807, 2.05) is 11.3 Å². The largest absolute Gasteiger partial charge is 0.310 e. The van der Waals surface area contributed by atoms with Gasteiger partial charge in [-0.2, -0.15) is 0 Å². The monoisotopic (exact) mass is 603 g/mol. The van der Waals surface area contributed by atoms with Crippen molar-refractivity contribution in [3.05, 3.63) is 176 Å². The molecule has 46 heavy (non-hydrogen) atoms. The zero-order chi connectivity index (χ0) is 30.5. The zero-order valence-corrected chi connectivity index (χ0v) is 25.9. The van der Waals surface area contributed by atoms with Gasteiger partial charge in [-0.3, -0.25) is 0 Å². The Bertz CT molecular complexity index is 2530. The fourth-order valence-corrected chi connectivity index (χ4v) is 7.96. The second kappa shape index (κ2) is 11.0. The van der Waals surface area contributed by atoms with Gasteiger partial charge in [0, 0.05) is 36.9 Å². The summed E-state index contributed by atoms with van der Waals surface area (Å²) in [6, 6.07) is 64.0. The van der Waals surface area contributed by atoms with Crippen molar-refractivity contribution in [2.45, 2.75) is 0 Å². The molecule has 2 heteroatoms. The predicted molar refractivity (Wildman–Crippen MR) is 200 cm³/mol. The first-order chi connectivity index (χ1) is 22.8. The molecule has 0 aliphatic carbocycles. The van der Waals surface area contributed by atoms with Crippen LogP contribution in [-0.4, -0.2) is 0 Å². The van der Waals surface area contributed by atoms with E-state index in [0.29, 0.717) is 0 Å². The van der Waals surface area contributed by atoms with Crippen LogP contribution in [0.15, 0.2) is 176 Å². The topological polar surface area (TPSA) is 3.24 Å². The molecule has 0 radical (unpaired) electrons. The number of anilines is 3. The Kier molecular flexibility index (Phi) is 6.40. The Morgan fingerprint density at radius 2 is 1.02 bits per heavy atom. The molecule has 0 N–H and O–H groups in total. The molecule has 9 rings (SSSR count). The highest BCUT2D eigenvalue weighted by atomic mass is 32.1. The normalized spacial score (nSPS) is 11.5. The summed E-state index contributed by atoms with van der Waals surface area (Å²) in [6.07, 6.45) is 0. The molecule has 0 unspecified atom stereocenters. The minimum absolute atomic E-state index is 1.12. The maximum absolute atomic E-state index is 2.40. The molecule has 0 aliphatic heterocycles. The van der Waals surface area contributed by atoms with Gasteiger partial charge in [0.15, 0.2) is 0 Å². The Morgan fingerprint density at radius 3 is 1.91 bits per heavy atom. The smallest absolute Gasteiger partial charge is 0.0540 e. The molecule has 0 saturated carbocycles. The van der Waals surface area contributed by atoms with E-state index in [4.69, 9.17) is 0 Å². The van der Waals surface area contributed by atoms with E-state index in [2.05, 4.69) is 181 Å². The van der Waals surface area contributed by atoms with Gasteiger partial charge in [-0.05, 0) is 86.9 Å². The molecular formula is C44H29NS. The SMILES string of the molecule is c1cc(-c2ccc3ccccc3c2)cc(N(c2ccc(-c3cccc4sc5ccccc5c34)cc2)c2cccc3ccccc23)c1. The van der Waals surface area contributed by atoms with E-state index < -0.39 is 0 Å².